The van der Waals surface area contributed by atoms with Crippen LogP contribution in [0.25, 0.3) is 0 Å². The van der Waals surface area contributed by atoms with Gasteiger partial charge in [-0.3, -0.25) is 0 Å². The molecule has 4 nitrogen and oxygen atoms in total. The minimum atomic E-state index is -3.45. The number of aryl methyl sites for hydroxylation is 1. The molecular formula is C16H28N2O2S. The zero-order valence-corrected chi connectivity index (χ0v) is 14.5. The van der Waals surface area contributed by atoms with Gasteiger partial charge >= 0.3 is 0 Å². The molecule has 0 amide bonds. The summed E-state index contributed by atoms with van der Waals surface area (Å²) in [4.78, 5) is 0.342. The average Bonchev–Trinajstić information content (AvgIpc) is 2.40. The molecule has 1 aromatic rings. The molecule has 21 heavy (non-hydrogen) atoms. The monoisotopic (exact) mass is 312 g/mol. The maximum Gasteiger partial charge on any atom is 0.240 e. The van der Waals surface area contributed by atoms with Crippen LogP contribution in [0.2, 0.25) is 0 Å². The van der Waals surface area contributed by atoms with Crippen molar-refractivity contribution < 1.29 is 8.42 Å². The summed E-state index contributed by atoms with van der Waals surface area (Å²) in [6, 6.07) is 5.23. The number of rotatable bonds is 8. The van der Waals surface area contributed by atoms with E-state index in [0.717, 1.165) is 24.1 Å². The van der Waals surface area contributed by atoms with Crippen molar-refractivity contribution >= 4 is 10.0 Å². The molecule has 1 atom stereocenters. The summed E-state index contributed by atoms with van der Waals surface area (Å²) in [5, 5.41) is 3.31. The molecule has 0 saturated heterocycles. The second-order valence-electron chi connectivity index (χ2n) is 5.92. The number of benzene rings is 1. The van der Waals surface area contributed by atoms with E-state index in [0.29, 0.717) is 11.4 Å². The van der Waals surface area contributed by atoms with Crippen LogP contribution in [0.15, 0.2) is 23.1 Å². The molecule has 0 saturated carbocycles. The van der Waals surface area contributed by atoms with E-state index in [-0.39, 0.29) is 12.0 Å². The number of hydrogen-bond acceptors (Lipinski definition) is 3. The zero-order chi connectivity index (χ0) is 16.0. The van der Waals surface area contributed by atoms with Gasteiger partial charge < -0.3 is 5.32 Å². The molecule has 0 aliphatic rings. The molecular weight excluding hydrogens is 284 g/mol. The highest BCUT2D eigenvalue weighted by atomic mass is 32.2. The minimum Gasteiger partial charge on any atom is -0.313 e. The van der Waals surface area contributed by atoms with Crippen molar-refractivity contribution in [2.75, 3.05) is 6.54 Å². The lowest BCUT2D eigenvalue weighted by Gasteiger charge is -2.18. The lowest BCUT2D eigenvalue weighted by atomic mass is 10.1. The summed E-state index contributed by atoms with van der Waals surface area (Å²) in [6.07, 6.45) is 1.06. The first-order chi connectivity index (χ1) is 9.77. The van der Waals surface area contributed by atoms with Crippen molar-refractivity contribution in [1.29, 1.82) is 0 Å². The first kappa shape index (κ1) is 18.1. The Bertz CT molecular complexity index is 553. The minimum absolute atomic E-state index is 0.0852. The highest BCUT2D eigenvalue weighted by Gasteiger charge is 2.19. The Morgan fingerprint density at radius 2 is 1.86 bits per heavy atom. The molecule has 0 spiro atoms. The van der Waals surface area contributed by atoms with Gasteiger partial charge in [0.05, 0.1) is 4.90 Å². The average molecular weight is 312 g/mol. The van der Waals surface area contributed by atoms with Gasteiger partial charge in [-0.1, -0.05) is 26.8 Å². The lowest BCUT2D eigenvalue weighted by molar-refractivity contribution is 0.476. The summed E-state index contributed by atoms with van der Waals surface area (Å²) in [5.41, 5.74) is 2.14. The molecule has 1 aromatic carbocycles. The van der Waals surface area contributed by atoms with Crippen molar-refractivity contribution in [2.24, 2.45) is 5.92 Å². The van der Waals surface area contributed by atoms with E-state index in [2.05, 4.69) is 17.0 Å². The predicted molar refractivity (Wildman–Crippen MR) is 87.8 cm³/mol. The summed E-state index contributed by atoms with van der Waals surface area (Å²) >= 11 is 0. The molecule has 0 aromatic heterocycles. The van der Waals surface area contributed by atoms with Crippen LogP contribution in [0.3, 0.4) is 0 Å². The Balaban J connectivity index is 2.94. The Morgan fingerprint density at radius 3 is 2.43 bits per heavy atom. The summed E-state index contributed by atoms with van der Waals surface area (Å²) < 4.78 is 27.6. The van der Waals surface area contributed by atoms with Crippen LogP contribution in [0, 0.1) is 12.8 Å². The van der Waals surface area contributed by atoms with Gasteiger partial charge in [-0.2, -0.15) is 0 Å². The van der Waals surface area contributed by atoms with Gasteiger partial charge in [0.15, 0.2) is 0 Å². The van der Waals surface area contributed by atoms with E-state index in [1.54, 1.807) is 12.1 Å². The number of nitrogens with one attached hydrogen (secondary N) is 2. The van der Waals surface area contributed by atoms with Gasteiger partial charge in [-0.25, -0.2) is 13.1 Å². The van der Waals surface area contributed by atoms with Crippen molar-refractivity contribution in [3.05, 3.63) is 29.3 Å². The molecule has 120 valence electrons. The molecule has 0 heterocycles. The molecule has 0 aliphatic heterocycles. The summed E-state index contributed by atoms with van der Waals surface area (Å²) in [5.74, 6) is 0.260. The standard InChI is InChI=1S/C16H28N2O2S/c1-6-9-17-11-15-10-16(8-7-13(15)4)21(19,20)18-14(5)12(2)3/h7-8,10,12,14,17-18H,6,9,11H2,1-5H3. The third-order valence-corrected chi connectivity index (χ3v) is 5.27. The van der Waals surface area contributed by atoms with Crippen LogP contribution in [0.5, 0.6) is 0 Å². The maximum atomic E-state index is 12.4. The predicted octanol–water partition coefficient (Wildman–Crippen LogP) is 2.82. The third kappa shape index (κ3) is 5.41. The first-order valence-electron chi connectivity index (χ1n) is 7.60. The fourth-order valence-corrected chi connectivity index (χ4v) is 3.30. The van der Waals surface area contributed by atoms with Crippen molar-refractivity contribution in [2.45, 2.75) is 58.5 Å². The Kier molecular flexibility index (Phi) is 6.84. The van der Waals surface area contributed by atoms with Crippen molar-refractivity contribution in [3.63, 3.8) is 0 Å². The van der Waals surface area contributed by atoms with Crippen molar-refractivity contribution in [1.82, 2.24) is 10.0 Å². The SMILES string of the molecule is CCCNCc1cc(S(=O)(=O)NC(C)C(C)C)ccc1C. The van der Waals surface area contributed by atoms with Gasteiger partial charge in [0, 0.05) is 12.6 Å². The van der Waals surface area contributed by atoms with Crippen LogP contribution in [0.1, 0.15) is 45.2 Å². The van der Waals surface area contributed by atoms with Gasteiger partial charge in [-0.05, 0) is 56.0 Å². The van der Waals surface area contributed by atoms with E-state index in [1.165, 1.54) is 0 Å². The van der Waals surface area contributed by atoms with Gasteiger partial charge in [0.1, 0.15) is 0 Å². The van der Waals surface area contributed by atoms with Crippen LogP contribution in [-0.4, -0.2) is 21.0 Å². The lowest BCUT2D eigenvalue weighted by Crippen LogP contribution is -2.36. The second-order valence-corrected chi connectivity index (χ2v) is 7.63. The highest BCUT2D eigenvalue weighted by molar-refractivity contribution is 7.89. The maximum absolute atomic E-state index is 12.4. The van der Waals surface area contributed by atoms with E-state index < -0.39 is 10.0 Å². The van der Waals surface area contributed by atoms with Crippen LogP contribution in [0.4, 0.5) is 0 Å². The van der Waals surface area contributed by atoms with Crippen molar-refractivity contribution in [3.8, 4) is 0 Å². The largest absolute Gasteiger partial charge is 0.313 e. The number of hydrogen-bond donors (Lipinski definition) is 2. The fourth-order valence-electron chi connectivity index (χ4n) is 1.85. The fraction of sp³-hybridized carbons (Fsp3) is 0.625. The summed E-state index contributed by atoms with van der Waals surface area (Å²) in [7, 11) is -3.45. The molecule has 2 N–H and O–H groups in total. The topological polar surface area (TPSA) is 58.2 Å². The molecule has 0 radical (unpaired) electrons. The highest BCUT2D eigenvalue weighted by Crippen LogP contribution is 2.17. The van der Waals surface area contributed by atoms with E-state index >= 15 is 0 Å². The Morgan fingerprint density at radius 1 is 1.19 bits per heavy atom. The van der Waals surface area contributed by atoms with Crippen LogP contribution >= 0.6 is 0 Å². The van der Waals surface area contributed by atoms with Gasteiger partial charge in [-0.15, -0.1) is 0 Å². The van der Waals surface area contributed by atoms with Gasteiger partial charge in [0.25, 0.3) is 0 Å². The van der Waals surface area contributed by atoms with E-state index in [4.69, 9.17) is 0 Å². The molecule has 0 bridgehead atoms. The second kappa shape index (κ2) is 7.92. The van der Waals surface area contributed by atoms with E-state index in [1.807, 2.05) is 33.8 Å². The third-order valence-electron chi connectivity index (χ3n) is 3.71. The summed E-state index contributed by atoms with van der Waals surface area (Å²) in [6.45, 7) is 11.6. The molecule has 1 unspecified atom stereocenters. The van der Waals surface area contributed by atoms with E-state index in [9.17, 15) is 8.42 Å². The Labute approximate surface area is 129 Å². The van der Waals surface area contributed by atoms with Crippen LogP contribution in [-0.2, 0) is 16.6 Å². The van der Waals surface area contributed by atoms with Crippen LogP contribution < -0.4 is 10.0 Å². The molecule has 0 fully saturated rings. The quantitative estimate of drug-likeness (QED) is 0.726. The molecule has 1 rings (SSSR count). The van der Waals surface area contributed by atoms with Gasteiger partial charge in [0.2, 0.25) is 10.0 Å². The smallest absolute Gasteiger partial charge is 0.240 e. The normalized spacial score (nSPS) is 13.6. The first-order valence-corrected chi connectivity index (χ1v) is 9.08. The zero-order valence-electron chi connectivity index (χ0n) is 13.7. The molecule has 0 aliphatic carbocycles. The molecule has 5 heteroatoms. The number of sulfonamides is 1. The Hall–Kier alpha value is -0.910.